The Morgan fingerprint density at radius 3 is 2.78 bits per heavy atom. The monoisotopic (exact) mass is 327 g/mol. The molecule has 1 unspecified atom stereocenters. The van der Waals surface area contributed by atoms with Crippen molar-refractivity contribution < 1.29 is 4.74 Å². The van der Waals surface area contributed by atoms with Gasteiger partial charge in [-0.05, 0) is 72.8 Å². The van der Waals surface area contributed by atoms with Crippen molar-refractivity contribution in [3.63, 3.8) is 0 Å². The van der Waals surface area contributed by atoms with Crippen LogP contribution in [0, 0.1) is 6.92 Å². The minimum atomic E-state index is 0.285. The molecule has 1 aliphatic carbocycles. The van der Waals surface area contributed by atoms with Crippen LogP contribution in [0.2, 0.25) is 0 Å². The number of ether oxygens (including phenoxy) is 1. The number of benzene rings is 1. The molecule has 0 saturated carbocycles. The fraction of sp³-hybridized carbons (Fsp3) is 0.500. The predicted molar refractivity (Wildman–Crippen MR) is 96.1 cm³/mol. The second-order valence-corrected chi connectivity index (χ2v) is 7.99. The summed E-state index contributed by atoms with van der Waals surface area (Å²) in [7, 11) is 1.86. The highest BCUT2D eigenvalue weighted by Crippen LogP contribution is 2.52. The van der Waals surface area contributed by atoms with E-state index in [2.05, 4.69) is 46.8 Å². The normalized spacial score (nSPS) is 23.3. The lowest BCUT2D eigenvalue weighted by atomic mass is 9.73. The van der Waals surface area contributed by atoms with E-state index >= 15 is 0 Å². The highest BCUT2D eigenvalue weighted by atomic mass is 32.1. The maximum Gasteiger partial charge on any atom is 0.0832 e. The van der Waals surface area contributed by atoms with Crippen molar-refractivity contribution in [2.45, 2.75) is 44.2 Å². The van der Waals surface area contributed by atoms with Gasteiger partial charge in [-0.3, -0.25) is 4.90 Å². The third-order valence-electron chi connectivity index (χ3n) is 5.79. The highest BCUT2D eigenvalue weighted by molar-refractivity contribution is 7.07. The molecule has 1 aromatic carbocycles. The van der Waals surface area contributed by atoms with E-state index in [1.54, 1.807) is 16.9 Å². The number of thiophene rings is 1. The molecule has 1 atom stereocenters. The smallest absolute Gasteiger partial charge is 0.0832 e. The van der Waals surface area contributed by atoms with Crippen LogP contribution in [-0.4, -0.2) is 25.1 Å². The molecule has 1 saturated heterocycles. The molecule has 2 aliphatic rings. The summed E-state index contributed by atoms with van der Waals surface area (Å²) in [6.07, 6.45) is 3.96. The van der Waals surface area contributed by atoms with Gasteiger partial charge in [-0.25, -0.2) is 0 Å². The SMILES string of the molecule is COC1CC2(CCN(Cc3ccsc3)CC2)c2ccc(C)cc21. The topological polar surface area (TPSA) is 12.5 Å². The van der Waals surface area contributed by atoms with Crippen LogP contribution >= 0.6 is 11.3 Å². The summed E-state index contributed by atoms with van der Waals surface area (Å²) >= 11 is 1.80. The summed E-state index contributed by atoms with van der Waals surface area (Å²) < 4.78 is 5.82. The van der Waals surface area contributed by atoms with E-state index in [0.29, 0.717) is 5.41 Å². The van der Waals surface area contributed by atoms with Gasteiger partial charge in [-0.15, -0.1) is 0 Å². The molecule has 23 heavy (non-hydrogen) atoms. The van der Waals surface area contributed by atoms with E-state index in [1.165, 1.54) is 42.6 Å². The highest BCUT2D eigenvalue weighted by Gasteiger charge is 2.45. The molecule has 122 valence electrons. The summed E-state index contributed by atoms with van der Waals surface area (Å²) in [5.74, 6) is 0. The Hall–Kier alpha value is -1.16. The summed E-state index contributed by atoms with van der Waals surface area (Å²) in [6.45, 7) is 5.68. The van der Waals surface area contributed by atoms with Crippen LogP contribution in [0.1, 0.15) is 47.6 Å². The van der Waals surface area contributed by atoms with E-state index in [1.807, 2.05) is 7.11 Å². The number of hydrogen-bond acceptors (Lipinski definition) is 3. The quantitative estimate of drug-likeness (QED) is 0.811. The zero-order valence-electron chi connectivity index (χ0n) is 14.0. The van der Waals surface area contributed by atoms with Crippen LogP contribution in [0.5, 0.6) is 0 Å². The molecule has 1 aromatic heterocycles. The van der Waals surface area contributed by atoms with Crippen LogP contribution in [-0.2, 0) is 16.7 Å². The average molecular weight is 327 g/mol. The molecule has 0 amide bonds. The number of rotatable bonds is 3. The molecule has 2 heterocycles. The van der Waals surface area contributed by atoms with E-state index in [9.17, 15) is 0 Å². The molecule has 3 heteroatoms. The van der Waals surface area contributed by atoms with Crippen LogP contribution in [0.4, 0.5) is 0 Å². The molecular formula is C20H25NOS. The average Bonchev–Trinajstić information content (AvgIpc) is 3.16. The molecule has 2 nitrogen and oxygen atoms in total. The van der Waals surface area contributed by atoms with E-state index in [0.717, 1.165) is 13.0 Å². The summed E-state index contributed by atoms with van der Waals surface area (Å²) in [5, 5.41) is 4.46. The first-order valence-corrected chi connectivity index (χ1v) is 9.52. The molecule has 2 aromatic rings. The summed E-state index contributed by atoms with van der Waals surface area (Å²) in [5.41, 5.74) is 6.15. The minimum absolute atomic E-state index is 0.285. The van der Waals surface area contributed by atoms with Gasteiger partial charge in [0.25, 0.3) is 0 Å². The number of piperidine rings is 1. The van der Waals surface area contributed by atoms with E-state index in [4.69, 9.17) is 4.74 Å². The zero-order valence-corrected chi connectivity index (χ0v) is 14.9. The van der Waals surface area contributed by atoms with E-state index < -0.39 is 0 Å². The van der Waals surface area contributed by atoms with Crippen molar-refractivity contribution in [3.8, 4) is 0 Å². The largest absolute Gasteiger partial charge is 0.377 e. The third-order valence-corrected chi connectivity index (χ3v) is 6.52. The van der Waals surface area contributed by atoms with Crippen LogP contribution in [0.25, 0.3) is 0 Å². The van der Waals surface area contributed by atoms with Gasteiger partial charge in [0.1, 0.15) is 0 Å². The van der Waals surface area contributed by atoms with Gasteiger partial charge >= 0.3 is 0 Å². The van der Waals surface area contributed by atoms with Gasteiger partial charge in [0.2, 0.25) is 0 Å². The van der Waals surface area contributed by atoms with Gasteiger partial charge in [-0.1, -0.05) is 23.8 Å². The van der Waals surface area contributed by atoms with Gasteiger partial charge in [0.05, 0.1) is 6.10 Å². The molecule has 4 rings (SSSR count). The molecule has 1 aliphatic heterocycles. The Morgan fingerprint density at radius 2 is 2.09 bits per heavy atom. The molecule has 0 bridgehead atoms. The third kappa shape index (κ3) is 2.75. The lowest BCUT2D eigenvalue weighted by Gasteiger charge is -2.40. The zero-order chi connectivity index (χ0) is 15.9. The fourth-order valence-electron chi connectivity index (χ4n) is 4.47. The number of nitrogens with zero attached hydrogens (tertiary/aromatic N) is 1. The first-order chi connectivity index (χ1) is 11.2. The Kier molecular flexibility index (Phi) is 4.04. The summed E-state index contributed by atoms with van der Waals surface area (Å²) in [4.78, 5) is 2.61. The van der Waals surface area contributed by atoms with Crippen molar-refractivity contribution in [2.24, 2.45) is 0 Å². The standard InChI is InChI=1S/C20H25NOS/c1-15-3-4-18-17(11-15)19(22-2)12-20(18)6-8-21(9-7-20)13-16-5-10-23-14-16/h3-5,10-11,14,19H,6-9,12-13H2,1-2H3. The number of fused-ring (bicyclic) bond motifs is 2. The molecule has 1 spiro atoms. The van der Waals surface area contributed by atoms with Gasteiger partial charge in [0, 0.05) is 19.1 Å². The Morgan fingerprint density at radius 1 is 1.26 bits per heavy atom. The number of aryl methyl sites for hydroxylation is 1. The van der Waals surface area contributed by atoms with Crippen molar-refractivity contribution in [3.05, 3.63) is 57.3 Å². The van der Waals surface area contributed by atoms with Crippen LogP contribution < -0.4 is 0 Å². The fourth-order valence-corrected chi connectivity index (χ4v) is 5.13. The van der Waals surface area contributed by atoms with Crippen molar-refractivity contribution in [1.29, 1.82) is 0 Å². The first kappa shape index (κ1) is 15.4. The van der Waals surface area contributed by atoms with Gasteiger partial charge in [-0.2, -0.15) is 11.3 Å². The van der Waals surface area contributed by atoms with Crippen molar-refractivity contribution in [1.82, 2.24) is 4.90 Å². The van der Waals surface area contributed by atoms with Crippen LogP contribution in [0.15, 0.2) is 35.0 Å². The predicted octanol–water partition coefficient (Wildman–Crippen LogP) is 4.68. The minimum Gasteiger partial charge on any atom is -0.377 e. The van der Waals surface area contributed by atoms with E-state index in [-0.39, 0.29) is 6.10 Å². The molecule has 0 N–H and O–H groups in total. The summed E-state index contributed by atoms with van der Waals surface area (Å²) in [6, 6.07) is 9.24. The maximum absolute atomic E-state index is 5.82. The van der Waals surface area contributed by atoms with Crippen molar-refractivity contribution in [2.75, 3.05) is 20.2 Å². The van der Waals surface area contributed by atoms with Crippen LogP contribution in [0.3, 0.4) is 0 Å². The second-order valence-electron chi connectivity index (χ2n) is 7.21. The molecule has 0 radical (unpaired) electrons. The maximum atomic E-state index is 5.82. The first-order valence-electron chi connectivity index (χ1n) is 8.57. The second kappa shape index (κ2) is 6.04. The number of hydrogen-bond donors (Lipinski definition) is 0. The van der Waals surface area contributed by atoms with Gasteiger partial charge in [0.15, 0.2) is 0 Å². The Balaban J connectivity index is 1.53. The Bertz CT molecular complexity index is 671. The molecule has 1 fully saturated rings. The van der Waals surface area contributed by atoms with Gasteiger partial charge < -0.3 is 4.74 Å². The van der Waals surface area contributed by atoms with Crippen molar-refractivity contribution >= 4 is 11.3 Å². The lowest BCUT2D eigenvalue weighted by Crippen LogP contribution is -2.41. The Labute approximate surface area is 143 Å². The lowest BCUT2D eigenvalue weighted by molar-refractivity contribution is 0.0687. The number of methoxy groups -OCH3 is 1. The number of likely N-dealkylation sites (tertiary alicyclic amines) is 1. The molecular weight excluding hydrogens is 302 g/mol.